The lowest BCUT2D eigenvalue weighted by Crippen LogP contribution is -2.35. The Balaban J connectivity index is 1.76. The van der Waals surface area contributed by atoms with Crippen molar-refractivity contribution in [3.63, 3.8) is 0 Å². The van der Waals surface area contributed by atoms with Gasteiger partial charge < -0.3 is 19.8 Å². The summed E-state index contributed by atoms with van der Waals surface area (Å²) in [4.78, 5) is 28.5. The number of nitrogens with two attached hydrogens (primary N) is 1. The number of hydrogen-bond donors (Lipinski definition) is 1. The zero-order valence-corrected chi connectivity index (χ0v) is 23.5. The van der Waals surface area contributed by atoms with Crippen LogP contribution in [0.15, 0.2) is 53.6 Å². The number of carbonyl (C=O) groups excluding carboxylic acids is 1. The average Bonchev–Trinajstić information content (AvgIpc) is 3.25. The highest BCUT2D eigenvalue weighted by Crippen LogP contribution is 2.50. The fraction of sp³-hybridized carbons (Fsp3) is 0.333. The molecule has 1 fully saturated rings. The number of carbonyl (C=O) groups is 1. The molecule has 1 unspecified atom stereocenters. The van der Waals surface area contributed by atoms with Crippen LogP contribution in [0, 0.1) is 11.6 Å². The Morgan fingerprint density at radius 3 is 2.37 bits per heavy atom. The third-order valence-electron chi connectivity index (χ3n) is 8.18. The fourth-order valence-corrected chi connectivity index (χ4v) is 7.28. The second-order valence-corrected chi connectivity index (χ2v) is 13.3. The minimum atomic E-state index is -3.40. The number of benzene rings is 2. The van der Waals surface area contributed by atoms with E-state index in [0.717, 1.165) is 50.5 Å². The molecule has 6 rings (SSSR count). The summed E-state index contributed by atoms with van der Waals surface area (Å²) in [5.41, 5.74) is 8.53. The smallest absolute Gasteiger partial charge is 0.274 e. The van der Waals surface area contributed by atoms with Crippen molar-refractivity contribution in [1.29, 1.82) is 0 Å². The SMILES string of the molecule is Cn1cc2c3c(cn(C4CCCCC4)c3c1=O)C(C(N)=O)N(c1ccc(F)cc1F)c1ccc(CS(C)(=O)=O)cc1-2. The monoisotopic (exact) mass is 580 g/mol. The van der Waals surface area contributed by atoms with Gasteiger partial charge in [0.05, 0.1) is 17.1 Å². The molecule has 1 saturated carbocycles. The number of amides is 1. The van der Waals surface area contributed by atoms with Gasteiger partial charge in [0, 0.05) is 59.9 Å². The summed E-state index contributed by atoms with van der Waals surface area (Å²) in [6, 6.07) is 6.79. The van der Waals surface area contributed by atoms with E-state index in [1.54, 1.807) is 37.6 Å². The van der Waals surface area contributed by atoms with Gasteiger partial charge in [-0.25, -0.2) is 17.2 Å². The van der Waals surface area contributed by atoms with Crippen molar-refractivity contribution < 1.29 is 22.0 Å². The molecule has 2 aromatic heterocycles. The van der Waals surface area contributed by atoms with Crippen molar-refractivity contribution in [2.45, 2.75) is 49.9 Å². The topological polar surface area (TPSA) is 107 Å². The maximum atomic E-state index is 15.5. The van der Waals surface area contributed by atoms with Crippen molar-refractivity contribution in [3.05, 3.63) is 81.9 Å². The zero-order chi connectivity index (χ0) is 29.2. The Morgan fingerprint density at radius 2 is 1.71 bits per heavy atom. The van der Waals surface area contributed by atoms with Crippen LogP contribution in [-0.2, 0) is 27.4 Å². The van der Waals surface area contributed by atoms with E-state index < -0.39 is 33.4 Å². The normalized spacial score (nSPS) is 17.5. The first-order valence-corrected chi connectivity index (χ1v) is 15.6. The van der Waals surface area contributed by atoms with Gasteiger partial charge in [-0.1, -0.05) is 25.3 Å². The molecular weight excluding hydrogens is 550 g/mol. The molecule has 41 heavy (non-hydrogen) atoms. The number of primary amides is 1. The number of fused-ring (bicyclic) bond motifs is 2. The van der Waals surface area contributed by atoms with Gasteiger partial charge in [0.25, 0.3) is 5.56 Å². The van der Waals surface area contributed by atoms with Crippen LogP contribution >= 0.6 is 0 Å². The van der Waals surface area contributed by atoms with E-state index in [1.807, 2.05) is 4.57 Å². The molecule has 2 aliphatic rings. The van der Waals surface area contributed by atoms with Gasteiger partial charge in [0.1, 0.15) is 23.2 Å². The number of sulfone groups is 1. The molecule has 3 heterocycles. The van der Waals surface area contributed by atoms with Crippen molar-refractivity contribution in [3.8, 4) is 11.1 Å². The predicted molar refractivity (Wildman–Crippen MR) is 154 cm³/mol. The summed E-state index contributed by atoms with van der Waals surface area (Å²) in [7, 11) is -1.76. The lowest BCUT2D eigenvalue weighted by Gasteiger charge is -2.32. The molecule has 214 valence electrons. The molecular formula is C30H30F2N4O4S. The van der Waals surface area contributed by atoms with Crippen LogP contribution in [0.5, 0.6) is 0 Å². The Labute approximate surface area is 235 Å². The van der Waals surface area contributed by atoms with Crippen molar-refractivity contribution in [2.24, 2.45) is 12.8 Å². The Kier molecular flexibility index (Phi) is 6.52. The minimum absolute atomic E-state index is 0.0305. The summed E-state index contributed by atoms with van der Waals surface area (Å²) >= 11 is 0. The number of anilines is 2. The highest BCUT2D eigenvalue weighted by atomic mass is 32.2. The number of aromatic nitrogens is 2. The lowest BCUT2D eigenvalue weighted by molar-refractivity contribution is -0.119. The van der Waals surface area contributed by atoms with Crippen LogP contribution in [0.1, 0.15) is 55.3 Å². The number of halogens is 2. The van der Waals surface area contributed by atoms with Crippen molar-refractivity contribution >= 4 is 38.0 Å². The summed E-state index contributed by atoms with van der Waals surface area (Å²) in [6.07, 6.45) is 9.42. The molecule has 1 atom stereocenters. The zero-order valence-electron chi connectivity index (χ0n) is 22.7. The van der Waals surface area contributed by atoms with Gasteiger partial charge in [-0.05, 0) is 42.7 Å². The van der Waals surface area contributed by atoms with E-state index >= 15 is 4.39 Å². The third kappa shape index (κ3) is 4.61. The molecule has 0 bridgehead atoms. The average molecular weight is 581 g/mol. The van der Waals surface area contributed by atoms with Crippen LogP contribution in [0.2, 0.25) is 0 Å². The molecule has 1 amide bonds. The number of rotatable bonds is 5. The number of pyridine rings is 1. The van der Waals surface area contributed by atoms with Gasteiger partial charge >= 0.3 is 0 Å². The lowest BCUT2D eigenvalue weighted by atomic mass is 9.95. The second-order valence-electron chi connectivity index (χ2n) is 11.2. The van der Waals surface area contributed by atoms with E-state index in [9.17, 15) is 22.4 Å². The van der Waals surface area contributed by atoms with E-state index in [1.165, 1.54) is 15.5 Å². The van der Waals surface area contributed by atoms with E-state index in [-0.39, 0.29) is 23.0 Å². The number of aryl methyl sites for hydroxylation is 1. The molecule has 2 N–H and O–H groups in total. The van der Waals surface area contributed by atoms with Gasteiger partial charge in [-0.3, -0.25) is 9.59 Å². The molecule has 8 nitrogen and oxygen atoms in total. The van der Waals surface area contributed by atoms with E-state index in [4.69, 9.17) is 5.73 Å². The minimum Gasteiger partial charge on any atom is -0.368 e. The fourth-order valence-electron chi connectivity index (χ4n) is 6.49. The molecule has 4 aromatic rings. The first-order valence-electron chi connectivity index (χ1n) is 13.5. The highest BCUT2D eigenvalue weighted by Gasteiger charge is 2.39. The standard InChI is InChI=1S/C30H30F2N4O4S/c1-34-14-21-20-12-17(16-41(2,39)40)8-10-24(20)36(25-11-9-18(31)13-23(25)32)27(29(33)37)22-15-35(19-6-4-3-5-7-19)28(26(21)22)30(34)38/h8-15,19,27H,3-7,16H2,1-2H3,(H2,33,37). The van der Waals surface area contributed by atoms with Crippen LogP contribution < -0.4 is 16.2 Å². The Hall–Kier alpha value is -3.99. The predicted octanol–water partition coefficient (Wildman–Crippen LogP) is 5.01. The van der Waals surface area contributed by atoms with Crippen molar-refractivity contribution in [1.82, 2.24) is 9.13 Å². The van der Waals surface area contributed by atoms with Crippen LogP contribution in [0.25, 0.3) is 22.0 Å². The van der Waals surface area contributed by atoms with Crippen LogP contribution in [0.3, 0.4) is 0 Å². The summed E-state index contributed by atoms with van der Waals surface area (Å²) in [5.74, 6) is -2.70. The van der Waals surface area contributed by atoms with E-state index in [0.29, 0.717) is 38.8 Å². The number of nitrogens with zero attached hydrogens (tertiary/aromatic N) is 3. The van der Waals surface area contributed by atoms with E-state index in [2.05, 4.69) is 0 Å². The molecule has 1 aliphatic heterocycles. The maximum absolute atomic E-state index is 15.5. The molecule has 0 radical (unpaired) electrons. The molecule has 2 aromatic carbocycles. The summed E-state index contributed by atoms with van der Waals surface area (Å²) in [6.45, 7) is 0. The first kappa shape index (κ1) is 27.2. The van der Waals surface area contributed by atoms with Gasteiger partial charge in [-0.2, -0.15) is 0 Å². The molecule has 1 aliphatic carbocycles. The second kappa shape index (κ2) is 9.83. The van der Waals surface area contributed by atoms with Gasteiger partial charge in [0.15, 0.2) is 9.84 Å². The molecule has 11 heteroatoms. The molecule has 0 saturated heterocycles. The Morgan fingerprint density at radius 1 is 1.00 bits per heavy atom. The van der Waals surface area contributed by atoms with Gasteiger partial charge in [0.2, 0.25) is 5.91 Å². The first-order chi connectivity index (χ1) is 19.4. The third-order valence-corrected chi connectivity index (χ3v) is 9.03. The quantitative estimate of drug-likeness (QED) is 0.357. The van der Waals surface area contributed by atoms with Gasteiger partial charge in [-0.15, -0.1) is 0 Å². The van der Waals surface area contributed by atoms with Crippen molar-refractivity contribution in [2.75, 3.05) is 11.2 Å². The largest absolute Gasteiger partial charge is 0.368 e. The summed E-state index contributed by atoms with van der Waals surface area (Å²) < 4.78 is 57.3. The van der Waals surface area contributed by atoms with Crippen LogP contribution in [0.4, 0.5) is 20.2 Å². The number of hydrogen-bond acceptors (Lipinski definition) is 5. The maximum Gasteiger partial charge on any atom is 0.274 e. The Bertz CT molecular complexity index is 1890. The molecule has 0 spiro atoms. The van der Waals surface area contributed by atoms with Crippen LogP contribution in [-0.4, -0.2) is 29.7 Å². The highest BCUT2D eigenvalue weighted by molar-refractivity contribution is 7.89. The summed E-state index contributed by atoms with van der Waals surface area (Å²) in [5, 5.41) is 0.519.